The van der Waals surface area contributed by atoms with Crippen LogP contribution in [0.2, 0.25) is 0 Å². The largest absolute Gasteiger partial charge is 0.312 e. The van der Waals surface area contributed by atoms with Crippen molar-refractivity contribution < 1.29 is 8.42 Å². The summed E-state index contributed by atoms with van der Waals surface area (Å²) in [5.41, 5.74) is 1.60. The summed E-state index contributed by atoms with van der Waals surface area (Å²) in [5, 5.41) is 9.08. The number of rotatable bonds is 7. The second kappa shape index (κ2) is 6.69. The number of nitrogens with one attached hydrogen (secondary N) is 2. The van der Waals surface area contributed by atoms with Crippen LogP contribution < -0.4 is 10.0 Å². The number of nitrogens with zero attached hydrogens (tertiary/aromatic N) is 2. The number of hydrogen-bond donors (Lipinski definition) is 2. The van der Waals surface area contributed by atoms with Gasteiger partial charge in [-0.25, -0.2) is 13.1 Å². The van der Waals surface area contributed by atoms with Gasteiger partial charge in [0.1, 0.15) is 4.90 Å². The Hall–Kier alpha value is -1.22. The van der Waals surface area contributed by atoms with E-state index in [4.69, 9.17) is 0 Å². The Labute approximate surface area is 129 Å². The van der Waals surface area contributed by atoms with Gasteiger partial charge in [-0.3, -0.25) is 4.68 Å². The van der Waals surface area contributed by atoms with E-state index >= 15 is 0 Å². The van der Waals surface area contributed by atoms with E-state index < -0.39 is 10.0 Å². The van der Waals surface area contributed by atoms with Gasteiger partial charge in [0.15, 0.2) is 0 Å². The Morgan fingerprint density at radius 1 is 1.38 bits per heavy atom. The Bertz CT molecular complexity index is 704. The van der Waals surface area contributed by atoms with E-state index in [1.165, 1.54) is 11.3 Å². The molecule has 0 aliphatic heterocycles. The molecule has 0 saturated heterocycles. The molecule has 0 aliphatic rings. The van der Waals surface area contributed by atoms with E-state index in [2.05, 4.69) is 15.1 Å². The van der Waals surface area contributed by atoms with Gasteiger partial charge in [-0.2, -0.15) is 5.10 Å². The predicted octanol–water partition coefficient (Wildman–Crippen LogP) is 1.38. The highest BCUT2D eigenvalue weighted by molar-refractivity contribution is 7.89. The fraction of sp³-hybridized carbons (Fsp3) is 0.462. The van der Waals surface area contributed by atoms with Crippen LogP contribution in [0, 0.1) is 6.92 Å². The van der Waals surface area contributed by atoms with Gasteiger partial charge in [0.05, 0.1) is 12.2 Å². The quantitative estimate of drug-likeness (QED) is 0.805. The Morgan fingerprint density at radius 3 is 2.76 bits per heavy atom. The molecule has 2 aromatic heterocycles. The lowest BCUT2D eigenvalue weighted by atomic mass is 10.3. The maximum Gasteiger partial charge on any atom is 0.242 e. The highest BCUT2D eigenvalue weighted by atomic mass is 32.2. The molecule has 0 spiro atoms. The standard InChI is InChI=1S/C13H20N4O2S2/c1-4-14-8-12-13(10(2)9-20-12)21(18,19)16-7-11-5-6-15-17(11)3/h5-6,9,14,16H,4,7-8H2,1-3H3. The third-order valence-corrected chi connectivity index (χ3v) is 6.02. The van der Waals surface area contributed by atoms with Gasteiger partial charge >= 0.3 is 0 Å². The molecule has 2 aromatic rings. The summed E-state index contributed by atoms with van der Waals surface area (Å²) in [5.74, 6) is 0. The molecule has 0 atom stereocenters. The van der Waals surface area contributed by atoms with Crippen LogP contribution in [0.5, 0.6) is 0 Å². The zero-order valence-electron chi connectivity index (χ0n) is 12.4. The zero-order valence-corrected chi connectivity index (χ0v) is 14.0. The summed E-state index contributed by atoms with van der Waals surface area (Å²) in [4.78, 5) is 1.24. The Balaban J connectivity index is 2.19. The Morgan fingerprint density at radius 2 is 2.14 bits per heavy atom. The monoisotopic (exact) mass is 328 g/mol. The SMILES string of the molecule is CCNCc1scc(C)c1S(=O)(=O)NCc1ccnn1C. The first kappa shape index (κ1) is 16.2. The molecule has 8 heteroatoms. The van der Waals surface area contributed by atoms with Gasteiger partial charge in [-0.05, 0) is 30.5 Å². The number of thiophene rings is 1. The molecular formula is C13H20N4O2S2. The van der Waals surface area contributed by atoms with Crippen molar-refractivity contribution in [1.82, 2.24) is 19.8 Å². The molecule has 0 aromatic carbocycles. The molecule has 0 aliphatic carbocycles. The van der Waals surface area contributed by atoms with E-state index in [9.17, 15) is 8.42 Å². The van der Waals surface area contributed by atoms with Crippen LogP contribution in [0.15, 0.2) is 22.5 Å². The molecule has 0 unspecified atom stereocenters. The number of aromatic nitrogens is 2. The van der Waals surface area contributed by atoms with Crippen LogP contribution in [0.4, 0.5) is 0 Å². The lowest BCUT2D eigenvalue weighted by Crippen LogP contribution is -2.26. The predicted molar refractivity (Wildman–Crippen MR) is 83.7 cm³/mol. The average Bonchev–Trinajstić information content (AvgIpc) is 3.00. The fourth-order valence-electron chi connectivity index (χ4n) is 2.02. The summed E-state index contributed by atoms with van der Waals surface area (Å²) >= 11 is 1.47. The van der Waals surface area contributed by atoms with Gasteiger partial charge in [0.25, 0.3) is 0 Å². The van der Waals surface area contributed by atoms with Crippen LogP contribution >= 0.6 is 11.3 Å². The Kier molecular flexibility index (Phi) is 5.15. The number of sulfonamides is 1. The van der Waals surface area contributed by atoms with Gasteiger partial charge in [0, 0.05) is 24.7 Å². The normalized spacial score (nSPS) is 12.0. The summed E-state index contributed by atoms with van der Waals surface area (Å²) in [6.45, 7) is 5.42. The molecule has 116 valence electrons. The molecule has 0 radical (unpaired) electrons. The van der Waals surface area contributed by atoms with Crippen LogP contribution in [0.3, 0.4) is 0 Å². The van der Waals surface area contributed by atoms with Crippen molar-refractivity contribution in [2.75, 3.05) is 6.54 Å². The first-order valence-electron chi connectivity index (χ1n) is 6.70. The van der Waals surface area contributed by atoms with E-state index in [-0.39, 0.29) is 6.54 Å². The van der Waals surface area contributed by atoms with Crippen molar-refractivity contribution in [1.29, 1.82) is 0 Å². The van der Waals surface area contributed by atoms with Crippen molar-refractivity contribution in [3.63, 3.8) is 0 Å². The van der Waals surface area contributed by atoms with Crippen molar-refractivity contribution in [2.45, 2.75) is 31.8 Å². The van der Waals surface area contributed by atoms with E-state index in [0.717, 1.165) is 22.7 Å². The first-order chi connectivity index (χ1) is 9.95. The molecule has 0 amide bonds. The van der Waals surface area contributed by atoms with Gasteiger partial charge in [-0.1, -0.05) is 6.92 Å². The van der Waals surface area contributed by atoms with E-state index in [1.807, 2.05) is 19.2 Å². The highest BCUT2D eigenvalue weighted by Gasteiger charge is 2.22. The lowest BCUT2D eigenvalue weighted by Gasteiger charge is -2.09. The van der Waals surface area contributed by atoms with Crippen LogP contribution in [-0.2, 0) is 30.2 Å². The smallest absolute Gasteiger partial charge is 0.242 e. The second-order valence-electron chi connectivity index (χ2n) is 4.72. The highest BCUT2D eigenvalue weighted by Crippen LogP contribution is 2.26. The van der Waals surface area contributed by atoms with E-state index in [1.54, 1.807) is 24.0 Å². The molecule has 2 heterocycles. The van der Waals surface area contributed by atoms with E-state index in [0.29, 0.717) is 11.4 Å². The minimum Gasteiger partial charge on any atom is -0.312 e. The number of aryl methyl sites for hydroxylation is 2. The van der Waals surface area contributed by atoms with Crippen molar-refractivity contribution in [3.05, 3.63) is 33.8 Å². The van der Waals surface area contributed by atoms with Crippen molar-refractivity contribution in [3.8, 4) is 0 Å². The third-order valence-electron chi connectivity index (χ3n) is 3.16. The van der Waals surface area contributed by atoms with Crippen LogP contribution in [0.25, 0.3) is 0 Å². The van der Waals surface area contributed by atoms with Crippen LogP contribution in [-0.4, -0.2) is 24.7 Å². The van der Waals surface area contributed by atoms with Crippen LogP contribution in [0.1, 0.15) is 23.1 Å². The molecule has 0 fully saturated rings. The topological polar surface area (TPSA) is 76.0 Å². The van der Waals surface area contributed by atoms with Gasteiger partial charge in [-0.15, -0.1) is 11.3 Å². The molecular weight excluding hydrogens is 308 g/mol. The maximum atomic E-state index is 12.5. The zero-order chi connectivity index (χ0) is 15.5. The minimum atomic E-state index is -3.52. The fourth-order valence-corrected chi connectivity index (χ4v) is 4.80. The molecule has 0 saturated carbocycles. The molecule has 21 heavy (non-hydrogen) atoms. The average molecular weight is 328 g/mol. The second-order valence-corrected chi connectivity index (χ2v) is 7.39. The number of hydrogen-bond acceptors (Lipinski definition) is 5. The molecule has 2 rings (SSSR count). The molecule has 6 nitrogen and oxygen atoms in total. The van der Waals surface area contributed by atoms with Gasteiger partial charge in [0.2, 0.25) is 10.0 Å². The minimum absolute atomic E-state index is 0.231. The van der Waals surface area contributed by atoms with Crippen molar-refractivity contribution in [2.24, 2.45) is 7.05 Å². The van der Waals surface area contributed by atoms with Crippen molar-refractivity contribution >= 4 is 21.4 Å². The first-order valence-corrected chi connectivity index (χ1v) is 9.06. The summed E-state index contributed by atoms with van der Waals surface area (Å²) in [6, 6.07) is 1.79. The van der Waals surface area contributed by atoms with Gasteiger partial charge < -0.3 is 5.32 Å². The summed E-state index contributed by atoms with van der Waals surface area (Å²) in [7, 11) is -1.73. The molecule has 2 N–H and O–H groups in total. The maximum absolute atomic E-state index is 12.5. The molecule has 0 bridgehead atoms. The third kappa shape index (κ3) is 3.70. The summed E-state index contributed by atoms with van der Waals surface area (Å²) in [6.07, 6.45) is 1.65. The lowest BCUT2D eigenvalue weighted by molar-refractivity contribution is 0.575. The summed E-state index contributed by atoms with van der Waals surface area (Å²) < 4.78 is 29.4.